The molecule has 0 saturated carbocycles. The zero-order valence-corrected chi connectivity index (χ0v) is 28.1. The van der Waals surface area contributed by atoms with Crippen LogP contribution in [0.15, 0.2) is 91.2 Å². The summed E-state index contributed by atoms with van der Waals surface area (Å²) in [5.41, 5.74) is 8.50. The van der Waals surface area contributed by atoms with Crippen molar-refractivity contribution in [3.8, 4) is 11.1 Å². The summed E-state index contributed by atoms with van der Waals surface area (Å²) in [6.45, 7) is 11.6. The van der Waals surface area contributed by atoms with Gasteiger partial charge in [0.1, 0.15) is 5.76 Å². The molecule has 4 rings (SSSR count). The Morgan fingerprint density at radius 3 is 2.02 bits per heavy atom. The molecule has 0 amide bonds. The number of ether oxygens (including phenoxy) is 1. The van der Waals surface area contributed by atoms with E-state index in [1.54, 1.807) is 19.3 Å². The third-order valence-corrected chi connectivity index (χ3v) is 8.54. The zero-order chi connectivity index (χ0) is 34.7. The first-order chi connectivity index (χ1) is 23.0. The van der Waals surface area contributed by atoms with E-state index in [1.165, 1.54) is 12.1 Å². The molecular weight excluding hydrogens is 609 g/mol. The van der Waals surface area contributed by atoms with Crippen molar-refractivity contribution in [3.05, 3.63) is 141 Å². The topological polar surface area (TPSA) is 53.5 Å². The molecule has 0 fully saturated rings. The third-order valence-electron chi connectivity index (χ3n) is 8.54. The number of aliphatic hydroxyl groups is 1. The van der Waals surface area contributed by atoms with E-state index in [0.29, 0.717) is 25.2 Å². The molecule has 0 spiro atoms. The maximum atomic E-state index is 13.9. The molecule has 0 bridgehead atoms. The van der Waals surface area contributed by atoms with Crippen LogP contribution in [0.25, 0.3) is 35.4 Å². The van der Waals surface area contributed by atoms with Crippen molar-refractivity contribution in [1.29, 1.82) is 0 Å². The molecule has 4 aromatic rings. The van der Waals surface area contributed by atoms with Gasteiger partial charge in [0.25, 0.3) is 0 Å². The Labute approximate surface area is 282 Å². The Hall–Kier alpha value is -4.43. The van der Waals surface area contributed by atoms with Gasteiger partial charge in [-0.2, -0.15) is 13.2 Å². The molecule has 3 N–H and O–H groups in total. The van der Waals surface area contributed by atoms with Crippen LogP contribution in [0.4, 0.5) is 13.2 Å². The number of hydrogen-bond donors (Lipinski definition) is 3. The number of nitrogens with one attached hydrogen (secondary N) is 2. The predicted octanol–water partition coefficient (Wildman–Crippen LogP) is 9.44. The van der Waals surface area contributed by atoms with E-state index >= 15 is 0 Å². The van der Waals surface area contributed by atoms with E-state index in [0.717, 1.165) is 62.8 Å². The summed E-state index contributed by atoms with van der Waals surface area (Å²) in [5, 5.41) is 15.6. The van der Waals surface area contributed by atoms with Crippen LogP contribution in [0.1, 0.15) is 63.4 Å². The second-order valence-electron chi connectivity index (χ2n) is 11.8. The number of alkyl halides is 3. The Morgan fingerprint density at radius 1 is 0.812 bits per heavy atom. The first-order valence-electron chi connectivity index (χ1n) is 16.2. The minimum absolute atomic E-state index is 0.0414. The van der Waals surface area contributed by atoms with Crippen LogP contribution in [0.5, 0.6) is 0 Å². The van der Waals surface area contributed by atoms with Crippen LogP contribution in [0, 0.1) is 13.8 Å². The monoisotopic (exact) mass is 654 g/mol. The maximum absolute atomic E-state index is 13.9. The normalized spacial score (nSPS) is 12.6. The van der Waals surface area contributed by atoms with Gasteiger partial charge in [0.2, 0.25) is 0 Å². The molecule has 4 nitrogen and oxygen atoms in total. The molecule has 252 valence electrons. The molecule has 4 aromatic carbocycles. The van der Waals surface area contributed by atoms with Crippen LogP contribution in [-0.4, -0.2) is 31.4 Å². The quantitative estimate of drug-likeness (QED) is 0.0679. The Kier molecular flexibility index (Phi) is 13.0. The van der Waals surface area contributed by atoms with E-state index < -0.39 is 11.7 Å². The molecule has 48 heavy (non-hydrogen) atoms. The minimum atomic E-state index is -4.48. The van der Waals surface area contributed by atoms with Gasteiger partial charge in [-0.15, -0.1) is 0 Å². The average molecular weight is 655 g/mol. The highest BCUT2D eigenvalue weighted by Crippen LogP contribution is 2.35. The lowest BCUT2D eigenvalue weighted by atomic mass is 9.91. The summed E-state index contributed by atoms with van der Waals surface area (Å²) < 4.78 is 46.9. The molecule has 0 heterocycles. The van der Waals surface area contributed by atoms with Gasteiger partial charge in [-0.1, -0.05) is 105 Å². The number of halogens is 3. The van der Waals surface area contributed by atoms with Crippen LogP contribution < -0.4 is 10.6 Å². The van der Waals surface area contributed by atoms with Crippen molar-refractivity contribution in [1.82, 2.24) is 10.6 Å². The number of rotatable bonds is 15. The van der Waals surface area contributed by atoms with E-state index in [1.807, 2.05) is 25.1 Å². The van der Waals surface area contributed by atoms with Gasteiger partial charge in [-0.25, -0.2) is 0 Å². The largest absolute Gasteiger partial charge is 0.500 e. The summed E-state index contributed by atoms with van der Waals surface area (Å²) in [7, 11) is 1.64. The van der Waals surface area contributed by atoms with E-state index in [9.17, 15) is 13.2 Å². The van der Waals surface area contributed by atoms with Crippen molar-refractivity contribution >= 4 is 24.3 Å². The summed E-state index contributed by atoms with van der Waals surface area (Å²) in [6, 6.07) is 24.7. The molecule has 0 aliphatic heterocycles. The highest BCUT2D eigenvalue weighted by molar-refractivity contribution is 5.82. The fourth-order valence-electron chi connectivity index (χ4n) is 5.72. The van der Waals surface area contributed by atoms with E-state index in [4.69, 9.17) is 9.84 Å². The van der Waals surface area contributed by atoms with Crippen LogP contribution in [0.2, 0.25) is 0 Å². The smallest absolute Gasteiger partial charge is 0.416 e. The average Bonchev–Trinajstić information content (AvgIpc) is 3.07. The Bertz CT molecular complexity index is 1760. The summed E-state index contributed by atoms with van der Waals surface area (Å²) in [6.07, 6.45) is 3.93. The number of benzene rings is 4. The van der Waals surface area contributed by atoms with Gasteiger partial charge in [0.15, 0.2) is 0 Å². The lowest BCUT2D eigenvalue weighted by Gasteiger charge is -2.18. The van der Waals surface area contributed by atoms with Crippen molar-refractivity contribution in [2.75, 3.05) is 20.3 Å². The highest BCUT2D eigenvalue weighted by atomic mass is 19.4. The summed E-state index contributed by atoms with van der Waals surface area (Å²) in [4.78, 5) is 0. The number of aliphatic hydroxyl groups excluding tert-OH is 1. The van der Waals surface area contributed by atoms with Gasteiger partial charge in [0.05, 0.1) is 25.3 Å². The molecule has 1 unspecified atom stereocenters. The van der Waals surface area contributed by atoms with Crippen molar-refractivity contribution in [2.24, 2.45) is 0 Å². The van der Waals surface area contributed by atoms with Gasteiger partial charge in [-0.3, -0.25) is 0 Å². The van der Waals surface area contributed by atoms with Crippen molar-refractivity contribution in [2.45, 2.75) is 52.5 Å². The molecule has 0 aliphatic carbocycles. The highest BCUT2D eigenvalue weighted by Gasteiger charge is 2.32. The van der Waals surface area contributed by atoms with Gasteiger partial charge in [0, 0.05) is 19.6 Å². The van der Waals surface area contributed by atoms with Crippen LogP contribution >= 0.6 is 0 Å². The molecule has 0 radical (unpaired) electrons. The van der Waals surface area contributed by atoms with Gasteiger partial charge >= 0.3 is 6.18 Å². The van der Waals surface area contributed by atoms with Gasteiger partial charge < -0.3 is 20.5 Å². The number of hydrogen-bond acceptors (Lipinski definition) is 4. The number of methoxy groups -OCH3 is 1. The molecule has 0 aromatic heterocycles. The predicted molar refractivity (Wildman–Crippen MR) is 193 cm³/mol. The van der Waals surface area contributed by atoms with Crippen molar-refractivity contribution in [3.63, 3.8) is 0 Å². The molecule has 7 heteroatoms. The standard InChI is InChI=1S/C41H45F3N2O2/c1-6-40(30(4)48-5)46-27-32-11-7-10-31(24-32)16-18-34-12-8-14-37(28(34)2)38-15-9-13-35(29(38)3)19-20-36-25-33(26-45-22-23-47)17-21-39(36)41(42,43)44/h7-21,24-25,40,45-47H,4,6,22-23,26-27H2,1-3,5H3/b18-16+,20-19+. The van der Waals surface area contributed by atoms with Crippen LogP contribution in [-0.2, 0) is 24.0 Å². The van der Waals surface area contributed by atoms with E-state index in [2.05, 4.69) is 85.7 Å². The van der Waals surface area contributed by atoms with E-state index in [-0.39, 0.29) is 18.2 Å². The van der Waals surface area contributed by atoms with Crippen LogP contribution in [0.3, 0.4) is 0 Å². The fourth-order valence-corrected chi connectivity index (χ4v) is 5.72. The molecule has 0 saturated heterocycles. The first-order valence-corrected chi connectivity index (χ1v) is 16.2. The second kappa shape index (κ2) is 17.1. The SMILES string of the molecule is C=C(OC)C(CC)NCc1cccc(/C=C/c2cccc(-c3cccc(/C=C/c4cc(CNCCO)ccc4C(F)(F)F)c3C)c2C)c1. The molecule has 1 atom stereocenters. The fraction of sp³-hybridized carbons (Fsp3) is 0.268. The minimum Gasteiger partial charge on any atom is -0.500 e. The summed E-state index contributed by atoms with van der Waals surface area (Å²) in [5.74, 6) is 0.727. The zero-order valence-electron chi connectivity index (χ0n) is 28.1. The lowest BCUT2D eigenvalue weighted by molar-refractivity contribution is -0.137. The second-order valence-corrected chi connectivity index (χ2v) is 11.8. The Morgan fingerprint density at radius 2 is 1.42 bits per heavy atom. The third kappa shape index (κ3) is 9.57. The first kappa shape index (κ1) is 36.4. The molecular formula is C41H45F3N2O2. The lowest BCUT2D eigenvalue weighted by Crippen LogP contribution is -2.30. The molecule has 0 aliphatic rings. The summed E-state index contributed by atoms with van der Waals surface area (Å²) >= 11 is 0. The van der Waals surface area contributed by atoms with Crippen molar-refractivity contribution < 1.29 is 23.0 Å². The van der Waals surface area contributed by atoms with Gasteiger partial charge in [-0.05, 0) is 88.0 Å². The Balaban J connectivity index is 1.58. The maximum Gasteiger partial charge on any atom is 0.416 e.